The zero-order valence-corrected chi connectivity index (χ0v) is 12.3. The molecule has 0 aliphatic rings. The number of aromatic nitrogens is 2. The van der Waals surface area contributed by atoms with Crippen LogP contribution >= 0.6 is 11.3 Å². The van der Waals surface area contributed by atoms with E-state index in [0.717, 1.165) is 21.0 Å². The van der Waals surface area contributed by atoms with Crippen molar-refractivity contribution in [1.82, 2.24) is 9.78 Å². The summed E-state index contributed by atoms with van der Waals surface area (Å²) >= 11 is 1.64. The molecule has 0 aromatic carbocycles. The topological polar surface area (TPSA) is 52.0 Å². The SMILES string of the molecule is Cc1cc(CS(=O)(=O)Cc2ccnn2C)c(C)s1. The second kappa shape index (κ2) is 4.85. The van der Waals surface area contributed by atoms with Gasteiger partial charge in [0.05, 0.1) is 17.2 Å². The van der Waals surface area contributed by atoms with Gasteiger partial charge in [0.15, 0.2) is 9.84 Å². The number of sulfone groups is 1. The third-order valence-electron chi connectivity index (χ3n) is 2.81. The average molecular weight is 284 g/mol. The van der Waals surface area contributed by atoms with E-state index in [4.69, 9.17) is 0 Å². The minimum atomic E-state index is -3.14. The molecule has 0 spiro atoms. The molecule has 0 saturated heterocycles. The fraction of sp³-hybridized carbons (Fsp3) is 0.417. The van der Waals surface area contributed by atoms with Crippen LogP contribution in [0.15, 0.2) is 18.3 Å². The quantitative estimate of drug-likeness (QED) is 0.865. The Morgan fingerprint density at radius 2 is 2.06 bits per heavy atom. The van der Waals surface area contributed by atoms with Gasteiger partial charge in [-0.1, -0.05) is 0 Å². The fourth-order valence-corrected chi connectivity index (χ4v) is 4.53. The highest BCUT2D eigenvalue weighted by Gasteiger charge is 2.17. The number of rotatable bonds is 4. The van der Waals surface area contributed by atoms with E-state index >= 15 is 0 Å². The highest BCUT2D eigenvalue weighted by Crippen LogP contribution is 2.23. The van der Waals surface area contributed by atoms with Gasteiger partial charge in [0, 0.05) is 23.0 Å². The molecule has 18 heavy (non-hydrogen) atoms. The number of hydrogen-bond acceptors (Lipinski definition) is 4. The van der Waals surface area contributed by atoms with Crippen molar-refractivity contribution in [2.45, 2.75) is 25.4 Å². The Kier molecular flexibility index (Phi) is 3.59. The summed E-state index contributed by atoms with van der Waals surface area (Å²) in [7, 11) is -1.39. The van der Waals surface area contributed by atoms with Gasteiger partial charge in [-0.2, -0.15) is 5.10 Å². The van der Waals surface area contributed by atoms with Gasteiger partial charge in [-0.3, -0.25) is 4.68 Å². The molecule has 0 amide bonds. The van der Waals surface area contributed by atoms with Crippen molar-refractivity contribution in [1.29, 1.82) is 0 Å². The molecule has 2 aromatic rings. The molecule has 0 atom stereocenters. The highest BCUT2D eigenvalue weighted by atomic mass is 32.2. The normalized spacial score (nSPS) is 11.9. The van der Waals surface area contributed by atoms with Gasteiger partial charge in [0.25, 0.3) is 0 Å². The molecule has 0 radical (unpaired) electrons. The zero-order chi connectivity index (χ0) is 13.3. The molecule has 0 unspecified atom stereocenters. The molecular formula is C12H16N2O2S2. The highest BCUT2D eigenvalue weighted by molar-refractivity contribution is 7.89. The molecule has 0 N–H and O–H groups in total. The van der Waals surface area contributed by atoms with Gasteiger partial charge in [0.2, 0.25) is 0 Å². The van der Waals surface area contributed by atoms with E-state index in [9.17, 15) is 8.42 Å². The predicted octanol–water partition coefficient (Wildman–Crippen LogP) is 2.21. The van der Waals surface area contributed by atoms with Crippen LogP contribution in [0.4, 0.5) is 0 Å². The van der Waals surface area contributed by atoms with E-state index < -0.39 is 9.84 Å². The summed E-state index contributed by atoms with van der Waals surface area (Å²) in [6.45, 7) is 3.96. The Balaban J connectivity index is 2.18. The van der Waals surface area contributed by atoms with Crippen molar-refractivity contribution in [2.75, 3.05) is 0 Å². The summed E-state index contributed by atoms with van der Waals surface area (Å²) in [5.41, 5.74) is 1.64. The fourth-order valence-electron chi connectivity index (χ4n) is 1.88. The first kappa shape index (κ1) is 13.3. The summed E-state index contributed by atoms with van der Waals surface area (Å²) in [6, 6.07) is 3.70. The van der Waals surface area contributed by atoms with E-state index in [0.29, 0.717) is 0 Å². The van der Waals surface area contributed by atoms with Gasteiger partial charge in [-0.05, 0) is 31.5 Å². The van der Waals surface area contributed by atoms with Crippen LogP contribution in [0.5, 0.6) is 0 Å². The van der Waals surface area contributed by atoms with Crippen LogP contribution in [-0.4, -0.2) is 18.2 Å². The molecule has 4 nitrogen and oxygen atoms in total. The standard InChI is InChI=1S/C12H16N2O2S2/c1-9-6-11(10(2)17-9)7-18(15,16)8-12-4-5-13-14(12)3/h4-6H,7-8H2,1-3H3. The molecule has 0 bridgehead atoms. The van der Waals surface area contributed by atoms with Crippen LogP contribution in [0.25, 0.3) is 0 Å². The summed E-state index contributed by atoms with van der Waals surface area (Å²) in [4.78, 5) is 2.24. The van der Waals surface area contributed by atoms with Crippen LogP contribution in [0.3, 0.4) is 0 Å². The van der Waals surface area contributed by atoms with Crippen molar-refractivity contribution >= 4 is 21.2 Å². The third kappa shape index (κ3) is 3.00. The molecule has 0 fully saturated rings. The van der Waals surface area contributed by atoms with Crippen molar-refractivity contribution in [3.63, 3.8) is 0 Å². The predicted molar refractivity (Wildman–Crippen MR) is 73.3 cm³/mol. The zero-order valence-electron chi connectivity index (χ0n) is 10.7. The third-order valence-corrected chi connectivity index (χ3v) is 5.30. The molecule has 2 rings (SSSR count). The Hall–Kier alpha value is -1.14. The molecule has 98 valence electrons. The lowest BCUT2D eigenvalue weighted by Gasteiger charge is -2.04. The Morgan fingerprint density at radius 3 is 2.56 bits per heavy atom. The van der Waals surface area contributed by atoms with Crippen LogP contribution in [-0.2, 0) is 28.4 Å². The molecule has 2 heterocycles. The Morgan fingerprint density at radius 1 is 1.33 bits per heavy atom. The number of hydrogen-bond donors (Lipinski definition) is 0. The Bertz CT molecular complexity index is 653. The molecule has 0 saturated carbocycles. The van der Waals surface area contributed by atoms with E-state index in [2.05, 4.69) is 5.10 Å². The monoisotopic (exact) mass is 284 g/mol. The lowest BCUT2D eigenvalue weighted by molar-refractivity contribution is 0.591. The first-order valence-electron chi connectivity index (χ1n) is 5.60. The van der Waals surface area contributed by atoms with E-state index in [-0.39, 0.29) is 11.5 Å². The van der Waals surface area contributed by atoms with Gasteiger partial charge in [0.1, 0.15) is 0 Å². The van der Waals surface area contributed by atoms with Crippen LogP contribution < -0.4 is 0 Å². The minimum absolute atomic E-state index is 0.0395. The minimum Gasteiger partial charge on any atom is -0.272 e. The molecule has 6 heteroatoms. The lowest BCUT2D eigenvalue weighted by atomic mass is 10.3. The van der Waals surface area contributed by atoms with Gasteiger partial charge in [-0.25, -0.2) is 8.42 Å². The molecule has 0 aliphatic carbocycles. The van der Waals surface area contributed by atoms with Crippen molar-refractivity contribution in [2.24, 2.45) is 7.05 Å². The number of nitrogens with zero attached hydrogens (tertiary/aromatic N) is 2. The van der Waals surface area contributed by atoms with E-state index in [1.54, 1.807) is 35.3 Å². The van der Waals surface area contributed by atoms with Gasteiger partial charge < -0.3 is 0 Å². The molecule has 0 aliphatic heterocycles. The molecule has 2 aromatic heterocycles. The van der Waals surface area contributed by atoms with Gasteiger partial charge >= 0.3 is 0 Å². The van der Waals surface area contributed by atoms with Crippen LogP contribution in [0.2, 0.25) is 0 Å². The smallest absolute Gasteiger partial charge is 0.160 e. The van der Waals surface area contributed by atoms with Crippen LogP contribution in [0.1, 0.15) is 21.0 Å². The Labute approximate surface area is 111 Å². The number of thiophene rings is 1. The summed E-state index contributed by atoms with van der Waals surface area (Å²) < 4.78 is 25.9. The second-order valence-corrected chi connectivity index (χ2v) is 7.94. The maximum absolute atomic E-state index is 12.1. The van der Waals surface area contributed by atoms with Crippen molar-refractivity contribution < 1.29 is 8.42 Å². The van der Waals surface area contributed by atoms with Crippen molar-refractivity contribution in [3.8, 4) is 0 Å². The van der Waals surface area contributed by atoms with Crippen LogP contribution in [0, 0.1) is 13.8 Å². The first-order valence-corrected chi connectivity index (χ1v) is 8.24. The maximum atomic E-state index is 12.1. The van der Waals surface area contributed by atoms with E-state index in [1.807, 2.05) is 19.9 Å². The summed E-state index contributed by atoms with van der Waals surface area (Å²) in [5, 5.41) is 3.98. The second-order valence-electron chi connectivity index (χ2n) is 4.42. The first-order chi connectivity index (χ1) is 8.37. The molecular weight excluding hydrogens is 268 g/mol. The number of aryl methyl sites for hydroxylation is 3. The largest absolute Gasteiger partial charge is 0.272 e. The van der Waals surface area contributed by atoms with E-state index in [1.165, 1.54) is 0 Å². The summed E-state index contributed by atoms with van der Waals surface area (Å²) in [6.07, 6.45) is 1.62. The maximum Gasteiger partial charge on any atom is 0.160 e. The van der Waals surface area contributed by atoms with Crippen molar-refractivity contribution in [3.05, 3.63) is 39.3 Å². The lowest BCUT2D eigenvalue weighted by Crippen LogP contribution is -2.10. The summed E-state index contributed by atoms with van der Waals surface area (Å²) in [5.74, 6) is 0.145. The average Bonchev–Trinajstić information content (AvgIpc) is 2.74. The van der Waals surface area contributed by atoms with Gasteiger partial charge in [-0.15, -0.1) is 11.3 Å².